The van der Waals surface area contributed by atoms with Gasteiger partial charge in [-0.3, -0.25) is 0 Å². The van der Waals surface area contributed by atoms with E-state index < -0.39 is 23.5 Å². The fraction of sp³-hybridized carbons (Fsp3) is 0.385. The van der Waals surface area contributed by atoms with Gasteiger partial charge in [0.2, 0.25) is 0 Å². The van der Waals surface area contributed by atoms with Crippen LogP contribution in [0.2, 0.25) is 0 Å². The van der Waals surface area contributed by atoms with Crippen molar-refractivity contribution in [3.05, 3.63) is 141 Å². The number of benzene rings is 4. The van der Waals surface area contributed by atoms with Crippen LogP contribution in [0.3, 0.4) is 0 Å². The minimum Gasteiger partial charge on any atom is -0.166 e. The van der Waals surface area contributed by atoms with Crippen LogP contribution in [0.25, 0.3) is 0 Å². The van der Waals surface area contributed by atoms with Gasteiger partial charge in [-0.25, -0.2) is 0 Å². The van der Waals surface area contributed by atoms with Crippen LogP contribution in [0.15, 0.2) is 91.0 Å². The molecule has 0 radical (unpaired) electrons. The van der Waals surface area contributed by atoms with E-state index in [1.54, 1.807) is 18.6 Å². The summed E-state index contributed by atoms with van der Waals surface area (Å²) in [5, 5.41) is 0. The second-order valence-electron chi connectivity index (χ2n) is 10.9. The molecule has 45 heavy (non-hydrogen) atoms. The summed E-state index contributed by atoms with van der Waals surface area (Å²) in [4.78, 5) is 0. The minimum absolute atomic E-state index is 0.352. The van der Waals surface area contributed by atoms with Crippen LogP contribution >= 0.6 is 0 Å². The second kappa shape index (κ2) is 19.8. The van der Waals surface area contributed by atoms with E-state index in [1.165, 1.54) is 72.2 Å². The van der Waals surface area contributed by atoms with Crippen LogP contribution in [-0.4, -0.2) is 0 Å². The third kappa shape index (κ3) is 14.9. The number of alkyl halides is 6. The van der Waals surface area contributed by atoms with E-state index in [4.69, 9.17) is 0 Å². The molecule has 0 aliphatic carbocycles. The summed E-state index contributed by atoms with van der Waals surface area (Å²) in [6.45, 7) is 14.6. The molecule has 0 saturated heterocycles. The maximum absolute atomic E-state index is 12.2. The molecule has 0 N–H and O–H groups in total. The lowest BCUT2D eigenvalue weighted by Crippen LogP contribution is -2.08. The van der Waals surface area contributed by atoms with Crippen molar-refractivity contribution in [2.24, 2.45) is 0 Å². The zero-order chi connectivity index (χ0) is 34.0. The number of hydrogen-bond donors (Lipinski definition) is 0. The second-order valence-corrected chi connectivity index (χ2v) is 10.9. The smallest absolute Gasteiger partial charge is 0.166 e. The summed E-state index contributed by atoms with van der Waals surface area (Å²) in [6, 6.07) is 26.0. The van der Waals surface area contributed by atoms with Gasteiger partial charge in [0.15, 0.2) is 0 Å². The molecule has 6 heteroatoms. The highest BCUT2D eigenvalue weighted by Gasteiger charge is 2.32. The molecule has 0 heterocycles. The van der Waals surface area contributed by atoms with Crippen molar-refractivity contribution >= 4 is 0 Å². The number of aryl methyl sites for hydroxylation is 6. The Labute approximate surface area is 266 Å². The first-order valence-corrected chi connectivity index (χ1v) is 15.6. The molecule has 0 fully saturated rings. The van der Waals surface area contributed by atoms with E-state index in [-0.39, 0.29) is 0 Å². The number of rotatable bonds is 6. The molecular weight excluding hydrogens is 582 g/mol. The van der Waals surface area contributed by atoms with E-state index in [2.05, 4.69) is 77.1 Å². The Hall–Kier alpha value is -3.54. The minimum atomic E-state index is -4.22. The van der Waals surface area contributed by atoms with Crippen molar-refractivity contribution in [3.63, 3.8) is 0 Å². The van der Waals surface area contributed by atoms with Crippen LogP contribution in [0.5, 0.6) is 0 Å². The number of halogens is 6. The Morgan fingerprint density at radius 1 is 0.511 bits per heavy atom. The topological polar surface area (TPSA) is 0 Å². The first-order valence-electron chi connectivity index (χ1n) is 15.6. The van der Waals surface area contributed by atoms with Gasteiger partial charge < -0.3 is 0 Å². The summed E-state index contributed by atoms with van der Waals surface area (Å²) in [6.07, 6.45) is -2.35. The van der Waals surface area contributed by atoms with E-state index in [9.17, 15) is 26.3 Å². The summed E-state index contributed by atoms with van der Waals surface area (Å²) < 4.78 is 72.8. The van der Waals surface area contributed by atoms with Crippen molar-refractivity contribution < 1.29 is 26.3 Å². The molecule has 0 aromatic heterocycles. The molecule has 0 aliphatic heterocycles. The van der Waals surface area contributed by atoms with Crippen LogP contribution in [0.1, 0.15) is 90.6 Å². The SMILES string of the molecule is CCCc1c(C)cc(C)cc1C.CCCc1ccccc1.CCc1ccc(C(F)(F)F)cc1.CCc1ccccc1C(F)(F)F. The van der Waals surface area contributed by atoms with Gasteiger partial charge in [-0.2, -0.15) is 26.3 Å². The molecule has 0 amide bonds. The Morgan fingerprint density at radius 3 is 1.44 bits per heavy atom. The van der Waals surface area contributed by atoms with Gasteiger partial charge in [-0.1, -0.05) is 119 Å². The molecule has 0 bridgehead atoms. The third-order valence-corrected chi connectivity index (χ3v) is 7.12. The van der Waals surface area contributed by atoms with Gasteiger partial charge in [0.05, 0.1) is 11.1 Å². The molecule has 0 aliphatic rings. The van der Waals surface area contributed by atoms with E-state index in [0.717, 1.165) is 30.2 Å². The highest BCUT2D eigenvalue weighted by molar-refractivity contribution is 5.37. The maximum atomic E-state index is 12.2. The van der Waals surface area contributed by atoms with Crippen molar-refractivity contribution in [2.75, 3.05) is 0 Å². The van der Waals surface area contributed by atoms with Crippen molar-refractivity contribution in [1.29, 1.82) is 0 Å². The van der Waals surface area contributed by atoms with E-state index >= 15 is 0 Å². The predicted molar refractivity (Wildman–Crippen MR) is 177 cm³/mol. The normalized spacial score (nSPS) is 10.9. The average Bonchev–Trinajstić information content (AvgIpc) is 3.00. The zero-order valence-corrected chi connectivity index (χ0v) is 27.7. The lowest BCUT2D eigenvalue weighted by Gasteiger charge is -2.10. The van der Waals surface area contributed by atoms with E-state index in [0.29, 0.717) is 12.0 Å². The third-order valence-electron chi connectivity index (χ3n) is 7.12. The zero-order valence-electron chi connectivity index (χ0n) is 27.7. The Bertz CT molecular complexity index is 1340. The van der Waals surface area contributed by atoms with Crippen LogP contribution in [-0.2, 0) is 38.0 Å². The molecule has 0 nitrogen and oxygen atoms in total. The molecular formula is C39H48F6. The quantitative estimate of drug-likeness (QED) is 0.186. The molecule has 0 saturated carbocycles. The first-order chi connectivity index (χ1) is 21.2. The van der Waals surface area contributed by atoms with E-state index in [1.807, 2.05) is 6.92 Å². The van der Waals surface area contributed by atoms with Crippen molar-refractivity contribution in [1.82, 2.24) is 0 Å². The predicted octanol–water partition coefficient (Wildman–Crippen LogP) is 12.7. The van der Waals surface area contributed by atoms with Gasteiger partial charge in [-0.05, 0) is 98.0 Å². The van der Waals surface area contributed by atoms with Gasteiger partial charge in [0.1, 0.15) is 0 Å². The summed E-state index contributed by atoms with van der Waals surface area (Å²) >= 11 is 0. The number of hydrogen-bond acceptors (Lipinski definition) is 0. The molecule has 0 spiro atoms. The van der Waals surface area contributed by atoms with Crippen LogP contribution in [0, 0.1) is 20.8 Å². The standard InChI is InChI=1S/C12H18.2C9H9F3.C9H12/c1-5-6-12-10(3)7-9(2)8-11(12)4;1-2-7-3-5-8(6-4-7)9(10,11)12;1-2-7-5-3-4-6-8(7)9(10,11)12;1-2-6-9-7-4-3-5-8-9/h7-8H,5-6H2,1-4H3;2*3-6H,2H2,1H3;3-5,7-8H,2,6H2,1H3. The van der Waals surface area contributed by atoms with Gasteiger partial charge >= 0.3 is 12.4 Å². The molecule has 4 rings (SSSR count). The highest BCUT2D eigenvalue weighted by atomic mass is 19.4. The summed E-state index contributed by atoms with van der Waals surface area (Å²) in [5.74, 6) is 0. The van der Waals surface area contributed by atoms with Gasteiger partial charge in [-0.15, -0.1) is 0 Å². The molecule has 246 valence electrons. The molecule has 4 aromatic rings. The van der Waals surface area contributed by atoms with Crippen LogP contribution < -0.4 is 0 Å². The Morgan fingerprint density at radius 2 is 1.02 bits per heavy atom. The largest absolute Gasteiger partial charge is 0.416 e. The van der Waals surface area contributed by atoms with Gasteiger partial charge in [0, 0.05) is 0 Å². The van der Waals surface area contributed by atoms with Crippen molar-refractivity contribution in [2.45, 2.75) is 99.3 Å². The average molecular weight is 631 g/mol. The maximum Gasteiger partial charge on any atom is 0.416 e. The first kappa shape index (κ1) is 39.5. The highest BCUT2D eigenvalue weighted by Crippen LogP contribution is 2.32. The summed E-state index contributed by atoms with van der Waals surface area (Å²) in [5.41, 5.74) is 7.44. The fourth-order valence-corrected chi connectivity index (χ4v) is 4.82. The Balaban J connectivity index is 0.000000302. The molecule has 4 aromatic carbocycles. The summed E-state index contributed by atoms with van der Waals surface area (Å²) in [7, 11) is 0. The van der Waals surface area contributed by atoms with Crippen molar-refractivity contribution in [3.8, 4) is 0 Å². The van der Waals surface area contributed by atoms with Gasteiger partial charge in [0.25, 0.3) is 0 Å². The molecule has 0 atom stereocenters. The fourth-order valence-electron chi connectivity index (χ4n) is 4.82. The lowest BCUT2D eigenvalue weighted by molar-refractivity contribution is -0.138. The molecule has 0 unspecified atom stereocenters. The van der Waals surface area contributed by atoms with Crippen LogP contribution in [0.4, 0.5) is 26.3 Å². The Kier molecular flexibility index (Phi) is 17.3. The monoisotopic (exact) mass is 630 g/mol. The lowest BCUT2D eigenvalue weighted by atomic mass is 9.97.